The number of ether oxygens (including phenoxy) is 1. The smallest absolute Gasteiger partial charge is 0.0594 e. The number of hydrogen-bond donors (Lipinski definition) is 1. The fourth-order valence-electron chi connectivity index (χ4n) is 3.10. The van der Waals surface area contributed by atoms with E-state index in [1.807, 2.05) is 0 Å². The van der Waals surface area contributed by atoms with E-state index in [2.05, 4.69) is 53.5 Å². The van der Waals surface area contributed by atoms with E-state index in [4.69, 9.17) is 4.74 Å². The SMILES string of the molecule is CCCCC/C(=C\c1ccccc1)CNCCCN1CCOCC1. The Labute approximate surface area is 148 Å². The van der Waals surface area contributed by atoms with Gasteiger partial charge in [-0.15, -0.1) is 0 Å². The number of benzene rings is 1. The van der Waals surface area contributed by atoms with Crippen LogP contribution in [0.5, 0.6) is 0 Å². The Morgan fingerprint density at radius 1 is 1.12 bits per heavy atom. The van der Waals surface area contributed by atoms with Crippen LogP contribution in [0.4, 0.5) is 0 Å². The molecule has 0 atom stereocenters. The number of unbranched alkanes of at least 4 members (excludes halogenated alkanes) is 2. The highest BCUT2D eigenvalue weighted by atomic mass is 16.5. The molecule has 0 saturated carbocycles. The Morgan fingerprint density at radius 3 is 2.67 bits per heavy atom. The van der Waals surface area contributed by atoms with E-state index in [0.717, 1.165) is 39.4 Å². The lowest BCUT2D eigenvalue weighted by atomic mass is 10.0. The minimum absolute atomic E-state index is 0.898. The van der Waals surface area contributed by atoms with Gasteiger partial charge in [-0.05, 0) is 37.9 Å². The third-order valence-corrected chi connectivity index (χ3v) is 4.56. The van der Waals surface area contributed by atoms with Crippen molar-refractivity contribution in [3.63, 3.8) is 0 Å². The van der Waals surface area contributed by atoms with Gasteiger partial charge in [0.2, 0.25) is 0 Å². The van der Waals surface area contributed by atoms with Gasteiger partial charge in [0.15, 0.2) is 0 Å². The fourth-order valence-corrected chi connectivity index (χ4v) is 3.10. The highest BCUT2D eigenvalue weighted by Crippen LogP contribution is 2.13. The third kappa shape index (κ3) is 8.09. The van der Waals surface area contributed by atoms with Gasteiger partial charge in [-0.1, -0.05) is 61.7 Å². The van der Waals surface area contributed by atoms with Crippen LogP contribution < -0.4 is 5.32 Å². The lowest BCUT2D eigenvalue weighted by Crippen LogP contribution is -2.37. The summed E-state index contributed by atoms with van der Waals surface area (Å²) in [4.78, 5) is 2.51. The second kappa shape index (κ2) is 12.2. The Hall–Kier alpha value is -1.16. The molecule has 0 aliphatic carbocycles. The van der Waals surface area contributed by atoms with Gasteiger partial charge in [0.25, 0.3) is 0 Å². The average molecular weight is 331 g/mol. The third-order valence-electron chi connectivity index (χ3n) is 4.56. The molecule has 0 radical (unpaired) electrons. The van der Waals surface area contributed by atoms with E-state index in [1.165, 1.54) is 49.8 Å². The van der Waals surface area contributed by atoms with E-state index in [0.29, 0.717) is 0 Å². The van der Waals surface area contributed by atoms with Crippen LogP contribution >= 0.6 is 0 Å². The molecule has 1 aliphatic heterocycles. The van der Waals surface area contributed by atoms with Crippen LogP contribution in [0.2, 0.25) is 0 Å². The first-order chi connectivity index (χ1) is 11.9. The molecule has 1 aromatic carbocycles. The lowest BCUT2D eigenvalue weighted by molar-refractivity contribution is 0.0375. The zero-order chi connectivity index (χ0) is 16.9. The van der Waals surface area contributed by atoms with Crippen LogP contribution in [0.15, 0.2) is 35.9 Å². The first-order valence-electron chi connectivity index (χ1n) is 9.64. The van der Waals surface area contributed by atoms with Crippen LogP contribution in [0.25, 0.3) is 6.08 Å². The first-order valence-corrected chi connectivity index (χ1v) is 9.64. The Kier molecular flexibility index (Phi) is 9.77. The van der Waals surface area contributed by atoms with Crippen molar-refractivity contribution in [2.75, 3.05) is 45.9 Å². The first kappa shape index (κ1) is 19.2. The van der Waals surface area contributed by atoms with Crippen molar-refractivity contribution < 1.29 is 4.74 Å². The Bertz CT molecular complexity index is 452. The van der Waals surface area contributed by atoms with Gasteiger partial charge in [-0.3, -0.25) is 4.90 Å². The van der Waals surface area contributed by atoms with Crippen molar-refractivity contribution in [2.24, 2.45) is 0 Å². The molecular weight excluding hydrogens is 296 g/mol. The number of nitrogens with one attached hydrogen (secondary N) is 1. The van der Waals surface area contributed by atoms with Gasteiger partial charge < -0.3 is 10.1 Å². The fraction of sp³-hybridized carbons (Fsp3) is 0.619. The number of nitrogens with zero attached hydrogens (tertiary/aromatic N) is 1. The molecule has 2 rings (SSSR count). The molecule has 0 unspecified atom stereocenters. The summed E-state index contributed by atoms with van der Waals surface area (Å²) >= 11 is 0. The van der Waals surface area contributed by atoms with Crippen molar-refractivity contribution in [2.45, 2.75) is 39.0 Å². The summed E-state index contributed by atoms with van der Waals surface area (Å²) in [6.45, 7) is 9.55. The van der Waals surface area contributed by atoms with Gasteiger partial charge in [0.05, 0.1) is 13.2 Å². The summed E-state index contributed by atoms with van der Waals surface area (Å²) in [6.07, 6.45) is 8.69. The van der Waals surface area contributed by atoms with Crippen LogP contribution in [0.1, 0.15) is 44.6 Å². The summed E-state index contributed by atoms with van der Waals surface area (Å²) in [5.41, 5.74) is 2.85. The molecule has 1 aromatic rings. The van der Waals surface area contributed by atoms with E-state index >= 15 is 0 Å². The molecule has 1 aliphatic rings. The molecule has 1 heterocycles. The predicted octanol–water partition coefficient (Wildman–Crippen LogP) is 3.96. The van der Waals surface area contributed by atoms with Crippen LogP contribution in [0.3, 0.4) is 0 Å². The molecular formula is C21H34N2O. The topological polar surface area (TPSA) is 24.5 Å². The maximum Gasteiger partial charge on any atom is 0.0594 e. The summed E-state index contributed by atoms with van der Waals surface area (Å²) in [6, 6.07) is 10.7. The van der Waals surface area contributed by atoms with Crippen molar-refractivity contribution in [1.82, 2.24) is 10.2 Å². The minimum atomic E-state index is 0.898. The van der Waals surface area contributed by atoms with Gasteiger partial charge in [0, 0.05) is 19.6 Å². The van der Waals surface area contributed by atoms with Crippen LogP contribution in [-0.4, -0.2) is 50.8 Å². The molecule has 1 saturated heterocycles. The van der Waals surface area contributed by atoms with Gasteiger partial charge in [-0.2, -0.15) is 0 Å². The Morgan fingerprint density at radius 2 is 1.92 bits per heavy atom. The quantitative estimate of drug-likeness (QED) is 0.622. The van der Waals surface area contributed by atoms with Crippen molar-refractivity contribution in [3.8, 4) is 0 Å². The number of hydrogen-bond acceptors (Lipinski definition) is 3. The Balaban J connectivity index is 1.70. The van der Waals surface area contributed by atoms with Gasteiger partial charge in [-0.25, -0.2) is 0 Å². The molecule has 0 amide bonds. The molecule has 3 nitrogen and oxygen atoms in total. The maximum atomic E-state index is 5.40. The highest BCUT2D eigenvalue weighted by Gasteiger charge is 2.09. The molecule has 0 bridgehead atoms. The van der Waals surface area contributed by atoms with Crippen LogP contribution in [-0.2, 0) is 4.74 Å². The normalized spacial score (nSPS) is 16.5. The number of morpholine rings is 1. The van der Waals surface area contributed by atoms with Crippen molar-refractivity contribution >= 4 is 6.08 Å². The van der Waals surface area contributed by atoms with E-state index < -0.39 is 0 Å². The van der Waals surface area contributed by atoms with Gasteiger partial charge >= 0.3 is 0 Å². The molecule has 134 valence electrons. The summed E-state index contributed by atoms with van der Waals surface area (Å²) < 4.78 is 5.40. The average Bonchev–Trinajstić information content (AvgIpc) is 2.63. The largest absolute Gasteiger partial charge is 0.379 e. The maximum absolute atomic E-state index is 5.40. The molecule has 3 heteroatoms. The zero-order valence-corrected chi connectivity index (χ0v) is 15.3. The van der Waals surface area contributed by atoms with E-state index in [9.17, 15) is 0 Å². The molecule has 1 fully saturated rings. The second-order valence-corrected chi connectivity index (χ2v) is 6.65. The molecule has 1 N–H and O–H groups in total. The highest BCUT2D eigenvalue weighted by molar-refractivity contribution is 5.52. The predicted molar refractivity (Wildman–Crippen MR) is 103 cm³/mol. The zero-order valence-electron chi connectivity index (χ0n) is 15.3. The second-order valence-electron chi connectivity index (χ2n) is 6.65. The standard InChI is InChI=1S/C21H34N2O/c1-2-3-5-11-21(18-20-9-6-4-7-10-20)19-22-12-8-13-23-14-16-24-17-15-23/h4,6-7,9-10,18,22H,2-3,5,8,11-17,19H2,1H3/b21-18+. The monoisotopic (exact) mass is 330 g/mol. The summed E-state index contributed by atoms with van der Waals surface area (Å²) in [7, 11) is 0. The summed E-state index contributed by atoms with van der Waals surface area (Å²) in [5, 5.41) is 3.65. The molecule has 24 heavy (non-hydrogen) atoms. The number of rotatable bonds is 11. The molecule has 0 spiro atoms. The van der Waals surface area contributed by atoms with E-state index in [1.54, 1.807) is 0 Å². The van der Waals surface area contributed by atoms with Crippen molar-refractivity contribution in [1.29, 1.82) is 0 Å². The molecule has 0 aromatic heterocycles. The lowest BCUT2D eigenvalue weighted by Gasteiger charge is -2.26. The van der Waals surface area contributed by atoms with E-state index in [-0.39, 0.29) is 0 Å². The summed E-state index contributed by atoms with van der Waals surface area (Å²) in [5.74, 6) is 0. The van der Waals surface area contributed by atoms with Crippen molar-refractivity contribution in [3.05, 3.63) is 41.5 Å². The minimum Gasteiger partial charge on any atom is -0.379 e. The van der Waals surface area contributed by atoms with Crippen LogP contribution in [0, 0.1) is 0 Å². The van der Waals surface area contributed by atoms with Gasteiger partial charge in [0.1, 0.15) is 0 Å².